The maximum atomic E-state index is 12.5. The molecule has 0 radical (unpaired) electrons. The van der Waals surface area contributed by atoms with Gasteiger partial charge < -0.3 is 4.74 Å². The molecule has 0 fully saturated rings. The number of ether oxygens (including phenoxy) is 1. The van der Waals surface area contributed by atoms with Crippen molar-refractivity contribution in [1.82, 2.24) is 19.7 Å². The molecule has 2 aromatic carbocycles. The molecule has 34 heavy (non-hydrogen) atoms. The van der Waals surface area contributed by atoms with Gasteiger partial charge in [-0.1, -0.05) is 47.7 Å². The number of hydrogen-bond acceptors (Lipinski definition) is 7. The van der Waals surface area contributed by atoms with Crippen LogP contribution in [0, 0.1) is 11.7 Å². The summed E-state index contributed by atoms with van der Waals surface area (Å²) in [6, 6.07) is 15.7. The molecule has 0 bridgehead atoms. The van der Waals surface area contributed by atoms with Crippen LogP contribution < -0.4 is 10.1 Å². The molecule has 0 aliphatic heterocycles. The number of carbonyl (C=O) groups is 2. The molecule has 0 unspecified atom stereocenters. The van der Waals surface area contributed by atoms with E-state index in [-0.39, 0.29) is 18.3 Å². The first kappa shape index (κ1) is 23.3. The largest absolute Gasteiger partial charge is 0.484 e. The number of ketones is 1. The Balaban J connectivity index is 1.37. The minimum absolute atomic E-state index is 0.0747. The highest BCUT2D eigenvalue weighted by Gasteiger charge is 2.17. The fraction of sp³-hybridized carbons (Fsp3) is 0.125. The van der Waals surface area contributed by atoms with Crippen molar-refractivity contribution in [3.63, 3.8) is 0 Å². The molecule has 8 nitrogen and oxygen atoms in total. The predicted molar refractivity (Wildman–Crippen MR) is 134 cm³/mol. The number of H-pyrrole nitrogens is 1. The molecule has 0 saturated carbocycles. The number of aryl methyl sites for hydroxylation is 1. The number of thiazole rings is 1. The van der Waals surface area contributed by atoms with Crippen LogP contribution in [0.2, 0.25) is 0 Å². The molecule has 4 aromatic rings. The average molecular weight is 492 g/mol. The topological polar surface area (TPSA) is 102 Å². The second-order valence-corrected chi connectivity index (χ2v) is 8.63. The average Bonchev–Trinajstić information content (AvgIpc) is 3.39. The van der Waals surface area contributed by atoms with Gasteiger partial charge in [0.15, 0.2) is 28.1 Å². The van der Waals surface area contributed by atoms with Gasteiger partial charge in [0.25, 0.3) is 5.91 Å². The van der Waals surface area contributed by atoms with E-state index in [4.69, 9.17) is 17.0 Å². The molecule has 2 N–H and O–H groups in total. The molecule has 0 atom stereocenters. The molecular formula is C24H21N5O3S2. The van der Waals surface area contributed by atoms with Crippen LogP contribution in [0.3, 0.4) is 0 Å². The summed E-state index contributed by atoms with van der Waals surface area (Å²) < 4.78 is 7.86. The normalized spacial score (nSPS) is 10.6. The first-order valence-corrected chi connectivity index (χ1v) is 11.5. The van der Waals surface area contributed by atoms with Gasteiger partial charge in [-0.05, 0) is 43.4 Å². The number of benzene rings is 2. The number of amides is 1. The second-order valence-electron chi connectivity index (χ2n) is 7.24. The van der Waals surface area contributed by atoms with Crippen molar-refractivity contribution in [2.24, 2.45) is 0 Å². The SMILES string of the molecule is C=CCn1c(-c2sc(NC(=O)COc3ccc(C(=O)c4ccccc4)cc3)nc2C)n[nH]c1=S. The summed E-state index contributed by atoms with van der Waals surface area (Å²) in [5, 5.41) is 10.2. The van der Waals surface area contributed by atoms with Crippen molar-refractivity contribution >= 4 is 40.4 Å². The molecule has 4 rings (SSSR count). The van der Waals surface area contributed by atoms with Crippen molar-refractivity contribution in [2.75, 3.05) is 11.9 Å². The van der Waals surface area contributed by atoms with E-state index in [0.717, 1.165) is 10.6 Å². The summed E-state index contributed by atoms with van der Waals surface area (Å²) in [6.07, 6.45) is 1.73. The van der Waals surface area contributed by atoms with Crippen molar-refractivity contribution in [2.45, 2.75) is 13.5 Å². The highest BCUT2D eigenvalue weighted by molar-refractivity contribution is 7.71. The maximum Gasteiger partial charge on any atom is 0.264 e. The van der Waals surface area contributed by atoms with E-state index in [2.05, 4.69) is 27.1 Å². The number of nitrogens with one attached hydrogen (secondary N) is 2. The number of rotatable bonds is 9. The standard InChI is InChI=1S/C24H21N5O3S2/c1-3-13-29-22(27-28-24(29)33)21-15(2)25-23(34-21)26-19(30)14-32-18-11-9-17(10-12-18)20(31)16-7-5-4-6-8-16/h3-12H,1,13-14H2,2H3,(H,28,33)(H,25,26,30). The van der Waals surface area contributed by atoms with Gasteiger partial charge in [0.05, 0.1) is 10.6 Å². The van der Waals surface area contributed by atoms with Gasteiger partial charge in [-0.15, -0.1) is 6.58 Å². The number of aromatic nitrogens is 4. The van der Waals surface area contributed by atoms with E-state index < -0.39 is 0 Å². The van der Waals surface area contributed by atoms with Gasteiger partial charge in [0, 0.05) is 17.7 Å². The Morgan fingerprint density at radius 2 is 1.88 bits per heavy atom. The van der Waals surface area contributed by atoms with Gasteiger partial charge in [-0.25, -0.2) is 4.98 Å². The van der Waals surface area contributed by atoms with Gasteiger partial charge >= 0.3 is 0 Å². The van der Waals surface area contributed by atoms with E-state index in [1.165, 1.54) is 11.3 Å². The monoisotopic (exact) mass is 491 g/mol. The number of carbonyl (C=O) groups excluding carboxylic acids is 2. The number of anilines is 1. The Morgan fingerprint density at radius 3 is 2.59 bits per heavy atom. The Kier molecular flexibility index (Phi) is 7.09. The lowest BCUT2D eigenvalue weighted by molar-refractivity contribution is -0.118. The summed E-state index contributed by atoms with van der Waals surface area (Å²) in [5.74, 6) is 0.696. The lowest BCUT2D eigenvalue weighted by atomic mass is 10.0. The number of allylic oxidation sites excluding steroid dienone is 1. The third kappa shape index (κ3) is 5.19. The fourth-order valence-corrected chi connectivity index (χ4v) is 4.40. The Bertz CT molecular complexity index is 1390. The van der Waals surface area contributed by atoms with Crippen LogP contribution >= 0.6 is 23.6 Å². The van der Waals surface area contributed by atoms with Gasteiger partial charge in [-0.2, -0.15) is 5.10 Å². The summed E-state index contributed by atoms with van der Waals surface area (Å²) in [7, 11) is 0. The van der Waals surface area contributed by atoms with E-state index in [0.29, 0.717) is 39.1 Å². The van der Waals surface area contributed by atoms with Crippen LogP contribution in [-0.4, -0.2) is 38.0 Å². The third-order valence-corrected chi connectivity index (χ3v) is 6.22. The van der Waals surface area contributed by atoms with Crippen LogP contribution in [0.1, 0.15) is 21.6 Å². The molecule has 0 saturated heterocycles. The van der Waals surface area contributed by atoms with Gasteiger partial charge in [0.1, 0.15) is 5.75 Å². The minimum Gasteiger partial charge on any atom is -0.484 e. The number of aromatic amines is 1. The minimum atomic E-state index is -0.352. The highest BCUT2D eigenvalue weighted by Crippen LogP contribution is 2.31. The summed E-state index contributed by atoms with van der Waals surface area (Å²) in [4.78, 5) is 30.1. The molecule has 1 amide bonds. The molecule has 2 aromatic heterocycles. The van der Waals surface area contributed by atoms with Crippen LogP contribution in [0.4, 0.5) is 5.13 Å². The van der Waals surface area contributed by atoms with Crippen LogP contribution in [0.25, 0.3) is 10.7 Å². The van der Waals surface area contributed by atoms with Crippen LogP contribution in [-0.2, 0) is 11.3 Å². The van der Waals surface area contributed by atoms with Crippen LogP contribution in [0.5, 0.6) is 5.75 Å². The molecular weight excluding hydrogens is 470 g/mol. The smallest absolute Gasteiger partial charge is 0.264 e. The zero-order valence-corrected chi connectivity index (χ0v) is 19.9. The second kappa shape index (κ2) is 10.4. The molecule has 10 heteroatoms. The fourth-order valence-electron chi connectivity index (χ4n) is 3.21. The summed E-state index contributed by atoms with van der Waals surface area (Å²) >= 11 is 6.56. The molecule has 2 heterocycles. The van der Waals surface area contributed by atoms with Crippen molar-refractivity contribution in [3.05, 3.63) is 88.8 Å². The quantitative estimate of drug-likeness (QED) is 0.198. The van der Waals surface area contributed by atoms with Crippen molar-refractivity contribution in [3.8, 4) is 16.5 Å². The third-order valence-electron chi connectivity index (χ3n) is 4.84. The highest BCUT2D eigenvalue weighted by atomic mass is 32.1. The van der Waals surface area contributed by atoms with Gasteiger partial charge in [-0.3, -0.25) is 24.6 Å². The van der Waals surface area contributed by atoms with Crippen molar-refractivity contribution in [1.29, 1.82) is 0 Å². The molecule has 0 aliphatic rings. The molecule has 172 valence electrons. The van der Waals surface area contributed by atoms with E-state index in [1.54, 1.807) is 42.5 Å². The first-order valence-electron chi connectivity index (χ1n) is 10.3. The molecule has 0 aliphatic carbocycles. The summed E-state index contributed by atoms with van der Waals surface area (Å²) in [6.45, 7) is 5.89. The Labute approximate surface area is 204 Å². The predicted octanol–water partition coefficient (Wildman–Crippen LogP) is 4.81. The lowest BCUT2D eigenvalue weighted by Gasteiger charge is -2.07. The Hall–Kier alpha value is -3.89. The number of nitrogens with zero attached hydrogens (tertiary/aromatic N) is 3. The summed E-state index contributed by atoms with van der Waals surface area (Å²) in [5.41, 5.74) is 1.88. The lowest BCUT2D eigenvalue weighted by Crippen LogP contribution is -2.20. The maximum absolute atomic E-state index is 12.5. The van der Waals surface area contributed by atoms with Crippen LogP contribution in [0.15, 0.2) is 67.3 Å². The Morgan fingerprint density at radius 1 is 1.18 bits per heavy atom. The van der Waals surface area contributed by atoms with E-state index >= 15 is 0 Å². The van der Waals surface area contributed by atoms with E-state index in [1.807, 2.05) is 29.7 Å². The van der Waals surface area contributed by atoms with Gasteiger partial charge in [0.2, 0.25) is 0 Å². The zero-order valence-electron chi connectivity index (χ0n) is 18.3. The number of hydrogen-bond donors (Lipinski definition) is 2. The molecule has 0 spiro atoms. The van der Waals surface area contributed by atoms with Crippen molar-refractivity contribution < 1.29 is 14.3 Å². The first-order chi connectivity index (χ1) is 16.5. The zero-order chi connectivity index (χ0) is 24.1. The van der Waals surface area contributed by atoms with E-state index in [9.17, 15) is 9.59 Å².